The van der Waals surface area contributed by atoms with Crippen molar-refractivity contribution in [3.8, 4) is 12.1 Å². The predicted molar refractivity (Wildman–Crippen MR) is 73.2 cm³/mol. The molecule has 0 unspecified atom stereocenters. The van der Waals surface area contributed by atoms with Crippen molar-refractivity contribution in [2.75, 3.05) is 0 Å². The predicted octanol–water partition coefficient (Wildman–Crippen LogP) is 3.87. The standard InChI is InChI=1S/C16H20N2/c1-5-12-9-14(11-18)15(16(3,4)6-2)10-13(12)7-8-17/h9-10H,5-7H2,1-4H3. The van der Waals surface area contributed by atoms with Crippen molar-refractivity contribution >= 4 is 0 Å². The first-order chi connectivity index (χ1) is 8.50. The van der Waals surface area contributed by atoms with Gasteiger partial charge < -0.3 is 0 Å². The average Bonchev–Trinajstić information content (AvgIpc) is 2.38. The molecule has 0 saturated carbocycles. The summed E-state index contributed by atoms with van der Waals surface area (Å²) >= 11 is 0. The van der Waals surface area contributed by atoms with Crippen molar-refractivity contribution in [2.45, 2.75) is 52.4 Å². The van der Waals surface area contributed by atoms with E-state index in [1.165, 1.54) is 0 Å². The maximum atomic E-state index is 9.30. The van der Waals surface area contributed by atoms with Crippen molar-refractivity contribution in [1.82, 2.24) is 0 Å². The van der Waals surface area contributed by atoms with Crippen LogP contribution in [0.2, 0.25) is 0 Å². The monoisotopic (exact) mass is 240 g/mol. The number of aryl methyl sites for hydroxylation is 1. The molecule has 0 heterocycles. The Morgan fingerprint density at radius 1 is 1.11 bits per heavy atom. The van der Waals surface area contributed by atoms with E-state index in [0.29, 0.717) is 6.42 Å². The summed E-state index contributed by atoms with van der Waals surface area (Å²) in [6.07, 6.45) is 2.25. The van der Waals surface area contributed by atoms with Gasteiger partial charge in [-0.25, -0.2) is 0 Å². The van der Waals surface area contributed by atoms with Crippen molar-refractivity contribution in [2.24, 2.45) is 0 Å². The van der Waals surface area contributed by atoms with E-state index in [-0.39, 0.29) is 5.41 Å². The summed E-state index contributed by atoms with van der Waals surface area (Å²) in [4.78, 5) is 0. The van der Waals surface area contributed by atoms with Crippen LogP contribution in [0.4, 0.5) is 0 Å². The second-order valence-electron chi connectivity index (χ2n) is 5.20. The van der Waals surface area contributed by atoms with E-state index in [9.17, 15) is 5.26 Å². The number of nitrogens with zero attached hydrogens (tertiary/aromatic N) is 2. The van der Waals surface area contributed by atoms with Gasteiger partial charge >= 0.3 is 0 Å². The first-order valence-electron chi connectivity index (χ1n) is 6.43. The van der Waals surface area contributed by atoms with E-state index in [2.05, 4.69) is 45.9 Å². The molecule has 0 saturated heterocycles. The van der Waals surface area contributed by atoms with E-state index in [0.717, 1.165) is 35.1 Å². The third kappa shape index (κ3) is 2.71. The number of rotatable bonds is 4. The fraction of sp³-hybridized carbons (Fsp3) is 0.500. The summed E-state index contributed by atoms with van der Waals surface area (Å²) in [6, 6.07) is 8.52. The molecule has 0 fully saturated rings. The lowest BCUT2D eigenvalue weighted by atomic mass is 9.78. The molecular weight excluding hydrogens is 220 g/mol. The molecule has 0 aliphatic carbocycles. The quantitative estimate of drug-likeness (QED) is 0.802. The van der Waals surface area contributed by atoms with Crippen LogP contribution in [0, 0.1) is 22.7 Å². The van der Waals surface area contributed by atoms with Crippen LogP contribution in [0.5, 0.6) is 0 Å². The van der Waals surface area contributed by atoms with E-state index in [4.69, 9.17) is 5.26 Å². The van der Waals surface area contributed by atoms with Crippen LogP contribution in [0.3, 0.4) is 0 Å². The number of hydrogen-bond acceptors (Lipinski definition) is 2. The van der Waals surface area contributed by atoms with Crippen molar-refractivity contribution < 1.29 is 0 Å². The molecule has 1 rings (SSSR count). The van der Waals surface area contributed by atoms with Crippen LogP contribution < -0.4 is 0 Å². The molecule has 0 aliphatic heterocycles. The molecule has 2 nitrogen and oxygen atoms in total. The van der Waals surface area contributed by atoms with E-state index < -0.39 is 0 Å². The maximum absolute atomic E-state index is 9.30. The van der Waals surface area contributed by atoms with Gasteiger partial charge in [0.2, 0.25) is 0 Å². The van der Waals surface area contributed by atoms with Crippen LogP contribution in [0.15, 0.2) is 12.1 Å². The van der Waals surface area contributed by atoms with Gasteiger partial charge in [0, 0.05) is 0 Å². The highest BCUT2D eigenvalue weighted by molar-refractivity contribution is 5.48. The first kappa shape index (κ1) is 14.3. The fourth-order valence-electron chi connectivity index (χ4n) is 2.11. The number of benzene rings is 1. The van der Waals surface area contributed by atoms with Gasteiger partial charge in [0.25, 0.3) is 0 Å². The summed E-state index contributed by atoms with van der Waals surface area (Å²) in [6.45, 7) is 8.47. The molecular formula is C16H20N2. The average molecular weight is 240 g/mol. The zero-order valence-corrected chi connectivity index (χ0v) is 11.7. The molecule has 0 atom stereocenters. The molecule has 2 heteroatoms. The molecule has 18 heavy (non-hydrogen) atoms. The normalized spacial score (nSPS) is 10.8. The topological polar surface area (TPSA) is 47.6 Å². The van der Waals surface area contributed by atoms with Gasteiger partial charge in [-0.1, -0.05) is 33.8 Å². The summed E-state index contributed by atoms with van der Waals surface area (Å²) < 4.78 is 0. The second-order valence-corrected chi connectivity index (χ2v) is 5.20. The fourth-order valence-corrected chi connectivity index (χ4v) is 2.11. The smallest absolute Gasteiger partial charge is 0.0994 e. The van der Waals surface area contributed by atoms with Crippen molar-refractivity contribution in [3.05, 3.63) is 34.4 Å². The molecule has 1 aromatic rings. The van der Waals surface area contributed by atoms with Crippen LogP contribution in [-0.2, 0) is 18.3 Å². The molecule has 0 aliphatic rings. The van der Waals surface area contributed by atoms with Gasteiger partial charge in [-0.05, 0) is 41.0 Å². The maximum Gasteiger partial charge on any atom is 0.0994 e. The highest BCUT2D eigenvalue weighted by Crippen LogP contribution is 2.31. The SMILES string of the molecule is CCc1cc(C#N)c(C(C)(C)CC)cc1CC#N. The first-order valence-corrected chi connectivity index (χ1v) is 6.43. The summed E-state index contributed by atoms with van der Waals surface area (Å²) in [5.41, 5.74) is 3.97. The molecule has 94 valence electrons. The Balaban J connectivity index is 3.48. The lowest BCUT2D eigenvalue weighted by molar-refractivity contribution is 0.504. The van der Waals surface area contributed by atoms with Gasteiger partial charge in [-0.15, -0.1) is 0 Å². The third-order valence-corrected chi connectivity index (χ3v) is 3.72. The van der Waals surface area contributed by atoms with E-state index in [1.54, 1.807) is 0 Å². The Labute approximate surface area is 110 Å². The van der Waals surface area contributed by atoms with Gasteiger partial charge in [-0.2, -0.15) is 10.5 Å². The highest BCUT2D eigenvalue weighted by Gasteiger charge is 2.23. The number of hydrogen-bond donors (Lipinski definition) is 0. The minimum atomic E-state index is -0.0262. The van der Waals surface area contributed by atoms with Gasteiger partial charge in [0.1, 0.15) is 0 Å². The molecule has 1 aromatic carbocycles. The van der Waals surface area contributed by atoms with Crippen LogP contribution >= 0.6 is 0 Å². The van der Waals surface area contributed by atoms with Gasteiger partial charge in [0.05, 0.1) is 24.1 Å². The Kier molecular flexibility index (Phi) is 4.51. The lowest BCUT2D eigenvalue weighted by Gasteiger charge is -2.26. The van der Waals surface area contributed by atoms with E-state index in [1.807, 2.05) is 6.07 Å². The Bertz CT molecular complexity index is 513. The van der Waals surface area contributed by atoms with Gasteiger partial charge in [0.15, 0.2) is 0 Å². The minimum absolute atomic E-state index is 0.0262. The summed E-state index contributed by atoms with van der Waals surface area (Å²) in [7, 11) is 0. The number of nitriles is 2. The molecule has 0 radical (unpaired) electrons. The Hall–Kier alpha value is -1.80. The largest absolute Gasteiger partial charge is 0.198 e. The van der Waals surface area contributed by atoms with Crippen LogP contribution in [-0.4, -0.2) is 0 Å². The van der Waals surface area contributed by atoms with Crippen LogP contribution in [0.1, 0.15) is 56.4 Å². The zero-order chi connectivity index (χ0) is 13.8. The third-order valence-electron chi connectivity index (χ3n) is 3.72. The highest BCUT2D eigenvalue weighted by atomic mass is 14.3. The lowest BCUT2D eigenvalue weighted by Crippen LogP contribution is -2.18. The molecule has 0 bridgehead atoms. The molecule has 0 amide bonds. The molecule has 0 aromatic heterocycles. The van der Waals surface area contributed by atoms with Crippen LogP contribution in [0.25, 0.3) is 0 Å². The molecule has 0 N–H and O–H groups in total. The minimum Gasteiger partial charge on any atom is -0.198 e. The molecule has 0 spiro atoms. The summed E-state index contributed by atoms with van der Waals surface area (Å²) in [5.74, 6) is 0. The van der Waals surface area contributed by atoms with Gasteiger partial charge in [-0.3, -0.25) is 0 Å². The zero-order valence-electron chi connectivity index (χ0n) is 11.7. The Morgan fingerprint density at radius 3 is 2.22 bits per heavy atom. The van der Waals surface area contributed by atoms with E-state index >= 15 is 0 Å². The summed E-state index contributed by atoms with van der Waals surface area (Å²) in [5, 5.41) is 18.2. The van der Waals surface area contributed by atoms with Crippen molar-refractivity contribution in [3.63, 3.8) is 0 Å². The second kappa shape index (κ2) is 5.69. The Morgan fingerprint density at radius 2 is 1.78 bits per heavy atom. The van der Waals surface area contributed by atoms with Crippen molar-refractivity contribution in [1.29, 1.82) is 10.5 Å².